The maximum atomic E-state index is 12.6. The summed E-state index contributed by atoms with van der Waals surface area (Å²) in [6, 6.07) is 7.92. The van der Waals surface area contributed by atoms with Crippen LogP contribution < -0.4 is 0 Å². The Morgan fingerprint density at radius 1 is 1.32 bits per heavy atom. The number of aryl methyl sites for hydroxylation is 2. The van der Waals surface area contributed by atoms with Crippen LogP contribution in [0.3, 0.4) is 0 Å². The highest BCUT2D eigenvalue weighted by molar-refractivity contribution is 5.99. The average Bonchev–Trinajstić information content (AvgIpc) is 2.75. The molecule has 1 aliphatic carbocycles. The molecule has 0 radical (unpaired) electrons. The fraction of sp³-hybridized carbons (Fsp3) is 0.400. The predicted octanol–water partition coefficient (Wildman–Crippen LogP) is 2.76. The zero-order valence-corrected chi connectivity index (χ0v) is 10.9. The molecule has 1 unspecified atom stereocenters. The van der Waals surface area contributed by atoms with Crippen molar-refractivity contribution in [3.8, 4) is 0 Å². The molecule has 0 amide bonds. The van der Waals surface area contributed by atoms with Crippen molar-refractivity contribution in [1.82, 2.24) is 10.3 Å². The number of carbonyl (C=O) groups excluding carboxylic acids is 1. The van der Waals surface area contributed by atoms with Crippen LogP contribution in [0.15, 0.2) is 28.9 Å². The maximum absolute atomic E-state index is 12.6. The van der Waals surface area contributed by atoms with Gasteiger partial charge in [0, 0.05) is 17.9 Å². The third-order valence-electron chi connectivity index (χ3n) is 3.84. The average molecular weight is 256 g/mol. The number of fused-ring (bicyclic) bond motifs is 1. The number of nitrogens with zero attached hydrogens (tertiary/aromatic N) is 2. The van der Waals surface area contributed by atoms with Crippen LogP contribution in [0.1, 0.15) is 40.2 Å². The molecular formula is C15H16N2O2. The molecule has 1 atom stereocenters. The smallest absolute Gasteiger partial charge is 0.166 e. The Bertz CT molecular complexity index is 604. The van der Waals surface area contributed by atoms with Crippen LogP contribution in [0, 0.1) is 12.8 Å². The third kappa shape index (κ3) is 2.30. The summed E-state index contributed by atoms with van der Waals surface area (Å²) in [6.07, 6.45) is 3.55. The van der Waals surface area contributed by atoms with Gasteiger partial charge in [0.2, 0.25) is 0 Å². The zero-order chi connectivity index (χ0) is 13.2. The highest BCUT2D eigenvalue weighted by Gasteiger charge is 2.26. The summed E-state index contributed by atoms with van der Waals surface area (Å²) in [6.45, 7) is 1.86. The number of rotatable bonds is 2. The molecule has 19 heavy (non-hydrogen) atoms. The molecule has 4 nitrogen and oxygen atoms in total. The van der Waals surface area contributed by atoms with Gasteiger partial charge in [-0.3, -0.25) is 4.79 Å². The first-order valence-electron chi connectivity index (χ1n) is 6.66. The van der Waals surface area contributed by atoms with E-state index >= 15 is 0 Å². The van der Waals surface area contributed by atoms with Crippen molar-refractivity contribution in [2.75, 3.05) is 0 Å². The first-order chi connectivity index (χ1) is 9.25. The van der Waals surface area contributed by atoms with Crippen molar-refractivity contribution >= 4 is 5.78 Å². The molecule has 4 heteroatoms. The summed E-state index contributed by atoms with van der Waals surface area (Å²) in [4.78, 5) is 12.6. The van der Waals surface area contributed by atoms with Gasteiger partial charge < -0.3 is 0 Å². The molecule has 1 aromatic heterocycles. The lowest BCUT2D eigenvalue weighted by molar-refractivity contribution is 0.0914. The van der Waals surface area contributed by atoms with Crippen LogP contribution in [-0.4, -0.2) is 16.1 Å². The van der Waals surface area contributed by atoms with Crippen molar-refractivity contribution in [3.63, 3.8) is 0 Å². The van der Waals surface area contributed by atoms with Crippen molar-refractivity contribution in [1.29, 1.82) is 0 Å². The summed E-state index contributed by atoms with van der Waals surface area (Å²) >= 11 is 0. The fourth-order valence-electron chi connectivity index (χ4n) is 2.73. The van der Waals surface area contributed by atoms with Gasteiger partial charge in [0.25, 0.3) is 0 Å². The lowest BCUT2D eigenvalue weighted by Crippen LogP contribution is -2.17. The van der Waals surface area contributed by atoms with Gasteiger partial charge in [-0.25, -0.2) is 4.63 Å². The first-order valence-corrected chi connectivity index (χ1v) is 6.66. The van der Waals surface area contributed by atoms with E-state index in [-0.39, 0.29) is 11.7 Å². The molecule has 0 spiro atoms. The molecule has 3 rings (SSSR count). The monoisotopic (exact) mass is 256 g/mol. The molecule has 2 aromatic rings. The predicted molar refractivity (Wildman–Crippen MR) is 69.9 cm³/mol. The third-order valence-corrected chi connectivity index (χ3v) is 3.84. The Labute approximate surface area is 111 Å². The molecule has 0 fully saturated rings. The Morgan fingerprint density at radius 2 is 2.16 bits per heavy atom. The van der Waals surface area contributed by atoms with Crippen LogP contribution >= 0.6 is 0 Å². The number of carbonyl (C=O) groups is 1. The van der Waals surface area contributed by atoms with Gasteiger partial charge in [-0.05, 0) is 31.7 Å². The molecular weight excluding hydrogens is 240 g/mol. The standard InChI is InChI=1S/C15H16N2O2/c1-10-14(17-19-16-10)9-12-7-4-6-11-5-2-3-8-13(11)15(12)18/h2-3,5,8,12H,4,6-7,9H2,1H3. The second-order valence-electron chi connectivity index (χ2n) is 5.11. The highest BCUT2D eigenvalue weighted by Crippen LogP contribution is 2.27. The van der Waals surface area contributed by atoms with E-state index in [1.54, 1.807) is 0 Å². The Morgan fingerprint density at radius 3 is 2.95 bits per heavy atom. The van der Waals surface area contributed by atoms with Crippen LogP contribution in [0.2, 0.25) is 0 Å². The SMILES string of the molecule is Cc1nonc1CC1CCCc2ccccc2C1=O. The van der Waals surface area contributed by atoms with Crippen LogP contribution in [0.25, 0.3) is 0 Å². The molecule has 1 heterocycles. The quantitative estimate of drug-likeness (QED) is 0.775. The van der Waals surface area contributed by atoms with Gasteiger partial charge in [0.05, 0.1) is 0 Å². The van der Waals surface area contributed by atoms with E-state index in [0.29, 0.717) is 6.42 Å². The molecule has 0 N–H and O–H groups in total. The second kappa shape index (κ2) is 4.96. The second-order valence-corrected chi connectivity index (χ2v) is 5.11. The molecule has 0 saturated heterocycles. The molecule has 0 bridgehead atoms. The van der Waals surface area contributed by atoms with Crippen molar-refractivity contribution in [3.05, 3.63) is 46.8 Å². The van der Waals surface area contributed by atoms with Crippen molar-refractivity contribution in [2.45, 2.75) is 32.6 Å². The number of benzene rings is 1. The minimum Gasteiger partial charge on any atom is -0.294 e. The molecule has 1 aliphatic rings. The normalized spacial score (nSPS) is 19.0. The number of ketones is 1. The van der Waals surface area contributed by atoms with Gasteiger partial charge in [-0.1, -0.05) is 34.6 Å². The number of hydrogen-bond donors (Lipinski definition) is 0. The molecule has 98 valence electrons. The van der Waals surface area contributed by atoms with Crippen molar-refractivity contribution in [2.24, 2.45) is 5.92 Å². The lowest BCUT2D eigenvalue weighted by Gasteiger charge is -2.11. The van der Waals surface area contributed by atoms with E-state index < -0.39 is 0 Å². The fourth-order valence-corrected chi connectivity index (χ4v) is 2.73. The van der Waals surface area contributed by atoms with E-state index in [1.807, 2.05) is 25.1 Å². The van der Waals surface area contributed by atoms with Crippen molar-refractivity contribution < 1.29 is 9.42 Å². The first kappa shape index (κ1) is 12.1. The highest BCUT2D eigenvalue weighted by atomic mass is 16.6. The summed E-state index contributed by atoms with van der Waals surface area (Å²) in [5.74, 6) is 0.227. The number of hydrogen-bond acceptors (Lipinski definition) is 4. The summed E-state index contributed by atoms with van der Waals surface area (Å²) in [5, 5.41) is 7.67. The summed E-state index contributed by atoms with van der Waals surface area (Å²) in [7, 11) is 0. The van der Waals surface area contributed by atoms with E-state index in [9.17, 15) is 4.79 Å². The Kier molecular flexibility index (Phi) is 3.15. The molecule has 0 aliphatic heterocycles. The number of Topliss-reactive ketones (excluding diaryl/α,β-unsaturated/α-hetero) is 1. The van der Waals surface area contributed by atoms with Gasteiger partial charge in [-0.2, -0.15) is 0 Å². The minimum atomic E-state index is -0.00532. The lowest BCUT2D eigenvalue weighted by atomic mass is 9.91. The van der Waals surface area contributed by atoms with E-state index in [2.05, 4.69) is 16.4 Å². The van der Waals surface area contributed by atoms with Gasteiger partial charge in [-0.15, -0.1) is 0 Å². The van der Waals surface area contributed by atoms with Crippen LogP contribution in [0.5, 0.6) is 0 Å². The van der Waals surface area contributed by atoms with E-state index in [1.165, 1.54) is 5.56 Å². The number of aromatic nitrogens is 2. The van der Waals surface area contributed by atoms with Crippen LogP contribution in [-0.2, 0) is 12.8 Å². The van der Waals surface area contributed by atoms with Gasteiger partial charge in [0.15, 0.2) is 5.78 Å². The minimum absolute atomic E-state index is 0.00532. The van der Waals surface area contributed by atoms with Gasteiger partial charge >= 0.3 is 0 Å². The molecule has 1 aromatic carbocycles. The topological polar surface area (TPSA) is 56.0 Å². The van der Waals surface area contributed by atoms with Gasteiger partial charge in [0.1, 0.15) is 11.4 Å². The Balaban J connectivity index is 1.88. The molecule has 0 saturated carbocycles. The van der Waals surface area contributed by atoms with E-state index in [4.69, 9.17) is 4.63 Å². The largest absolute Gasteiger partial charge is 0.294 e. The Hall–Kier alpha value is -1.97. The summed E-state index contributed by atoms with van der Waals surface area (Å²) < 4.78 is 4.71. The maximum Gasteiger partial charge on any atom is 0.166 e. The zero-order valence-electron chi connectivity index (χ0n) is 10.9. The van der Waals surface area contributed by atoms with E-state index in [0.717, 1.165) is 36.2 Å². The summed E-state index contributed by atoms with van der Waals surface area (Å²) in [5.41, 5.74) is 3.63. The van der Waals surface area contributed by atoms with Crippen LogP contribution in [0.4, 0.5) is 0 Å².